The molecule has 0 saturated heterocycles. The minimum absolute atomic E-state index is 0.125. The van der Waals surface area contributed by atoms with Crippen LogP contribution in [0.15, 0.2) is 47.6 Å². The number of carbonyl (C=O) groups is 1. The molecule has 1 heterocycles. The molecule has 0 aliphatic carbocycles. The second-order valence-electron chi connectivity index (χ2n) is 8.84. The number of hydrogen-bond donors (Lipinski definition) is 2. The van der Waals surface area contributed by atoms with Gasteiger partial charge in [-0.25, -0.2) is 10.2 Å². The summed E-state index contributed by atoms with van der Waals surface area (Å²) in [6, 6.07) is 13.9. The van der Waals surface area contributed by atoms with E-state index in [1.54, 1.807) is 6.21 Å². The van der Waals surface area contributed by atoms with E-state index < -0.39 is 0 Å². The lowest BCUT2D eigenvalue weighted by atomic mass is 9.78. The number of fused-ring (bicyclic) bond motifs is 1. The van der Waals surface area contributed by atoms with Crippen molar-refractivity contribution in [3.8, 4) is 0 Å². The molecular weight excluding hydrogens is 360 g/mol. The van der Waals surface area contributed by atoms with Crippen LogP contribution in [0.25, 0.3) is 0 Å². The maximum absolute atomic E-state index is 12.0. The summed E-state index contributed by atoms with van der Waals surface area (Å²) in [5.41, 5.74) is 8.24. The summed E-state index contributed by atoms with van der Waals surface area (Å²) in [7, 11) is 0. The lowest BCUT2D eigenvalue weighted by Gasteiger charge is -2.50. The van der Waals surface area contributed by atoms with Crippen LogP contribution in [-0.4, -0.2) is 23.8 Å². The van der Waals surface area contributed by atoms with Gasteiger partial charge in [0, 0.05) is 23.0 Å². The van der Waals surface area contributed by atoms with E-state index in [2.05, 4.69) is 74.4 Å². The van der Waals surface area contributed by atoms with E-state index in [1.807, 2.05) is 30.3 Å². The summed E-state index contributed by atoms with van der Waals surface area (Å²) >= 11 is 0. The molecule has 29 heavy (non-hydrogen) atoms. The predicted molar refractivity (Wildman–Crippen MR) is 122 cm³/mol. The molecule has 0 saturated carbocycles. The van der Waals surface area contributed by atoms with Gasteiger partial charge < -0.3 is 10.2 Å². The number of amides is 2. The van der Waals surface area contributed by atoms with Gasteiger partial charge in [0.15, 0.2) is 0 Å². The fraction of sp³-hybridized carbons (Fsp3) is 0.417. The van der Waals surface area contributed by atoms with E-state index in [4.69, 9.17) is 0 Å². The van der Waals surface area contributed by atoms with Crippen LogP contribution in [0.1, 0.15) is 63.6 Å². The van der Waals surface area contributed by atoms with Gasteiger partial charge in [0.05, 0.1) is 6.21 Å². The smallest absolute Gasteiger partial charge is 0.339 e. The first-order valence-corrected chi connectivity index (χ1v) is 10.3. The molecule has 0 spiro atoms. The highest BCUT2D eigenvalue weighted by atomic mass is 16.2. The van der Waals surface area contributed by atoms with Crippen LogP contribution in [0, 0.1) is 6.92 Å². The molecule has 3 rings (SSSR count). The third-order valence-electron chi connectivity index (χ3n) is 5.58. The van der Waals surface area contributed by atoms with Crippen molar-refractivity contribution < 1.29 is 4.79 Å². The molecule has 0 radical (unpaired) electrons. The van der Waals surface area contributed by atoms with E-state index in [0.717, 1.165) is 23.2 Å². The standard InChI is InChI=1S/C24H32N4O/c1-16(2)28-22-12-17(3)19(13-21(22)18(4)14-24(28,5)6)15-25-27-23(29)26-20-10-8-7-9-11-20/h7-13,15-16,18H,14H2,1-6H3,(H2,26,27,29)/b25-15+/t18-/m0/s1. The average molecular weight is 393 g/mol. The molecule has 0 fully saturated rings. The maximum Gasteiger partial charge on any atom is 0.339 e. The summed E-state index contributed by atoms with van der Waals surface area (Å²) in [4.78, 5) is 14.5. The van der Waals surface area contributed by atoms with Crippen LogP contribution in [0.3, 0.4) is 0 Å². The van der Waals surface area contributed by atoms with Gasteiger partial charge >= 0.3 is 6.03 Å². The lowest BCUT2D eigenvalue weighted by Crippen LogP contribution is -2.51. The number of nitrogens with zero attached hydrogens (tertiary/aromatic N) is 2. The average Bonchev–Trinajstić information content (AvgIpc) is 2.62. The Hall–Kier alpha value is -2.82. The van der Waals surface area contributed by atoms with Crippen molar-refractivity contribution >= 4 is 23.6 Å². The van der Waals surface area contributed by atoms with Crippen LogP contribution in [-0.2, 0) is 0 Å². The normalized spacial score (nSPS) is 18.0. The molecule has 1 aliphatic heterocycles. The second-order valence-corrected chi connectivity index (χ2v) is 8.84. The van der Waals surface area contributed by atoms with Crippen molar-refractivity contribution in [1.29, 1.82) is 0 Å². The van der Waals surface area contributed by atoms with Crippen molar-refractivity contribution in [3.63, 3.8) is 0 Å². The first kappa shape index (κ1) is 20.9. The highest BCUT2D eigenvalue weighted by molar-refractivity contribution is 5.91. The number of urea groups is 1. The van der Waals surface area contributed by atoms with Crippen LogP contribution in [0.4, 0.5) is 16.2 Å². The third-order valence-corrected chi connectivity index (χ3v) is 5.58. The fourth-order valence-corrected chi connectivity index (χ4v) is 4.57. The lowest BCUT2D eigenvalue weighted by molar-refractivity contribution is 0.252. The van der Waals surface area contributed by atoms with Crippen molar-refractivity contribution in [2.45, 2.75) is 65.5 Å². The Morgan fingerprint density at radius 2 is 1.93 bits per heavy atom. The number of para-hydroxylation sites is 1. The molecule has 2 amide bonds. The number of aryl methyl sites for hydroxylation is 1. The number of benzene rings is 2. The summed E-state index contributed by atoms with van der Waals surface area (Å²) in [5.74, 6) is 0.470. The molecule has 5 nitrogen and oxygen atoms in total. The van der Waals surface area contributed by atoms with Gasteiger partial charge in [-0.3, -0.25) is 0 Å². The van der Waals surface area contributed by atoms with Gasteiger partial charge in [0.2, 0.25) is 0 Å². The Bertz CT molecular complexity index is 903. The van der Waals surface area contributed by atoms with E-state index in [1.165, 1.54) is 11.3 Å². The quantitative estimate of drug-likeness (QED) is 0.522. The topological polar surface area (TPSA) is 56.7 Å². The van der Waals surface area contributed by atoms with Crippen molar-refractivity contribution in [2.24, 2.45) is 5.10 Å². The number of nitrogens with one attached hydrogen (secondary N) is 2. The van der Waals surface area contributed by atoms with E-state index in [9.17, 15) is 4.79 Å². The third kappa shape index (κ3) is 4.61. The van der Waals surface area contributed by atoms with E-state index in [0.29, 0.717) is 12.0 Å². The van der Waals surface area contributed by atoms with Gasteiger partial charge in [-0.15, -0.1) is 0 Å². The molecular formula is C24H32N4O. The molecule has 1 aliphatic rings. The molecule has 2 N–H and O–H groups in total. The molecule has 0 unspecified atom stereocenters. The number of carbonyl (C=O) groups excluding carboxylic acids is 1. The Balaban J connectivity index is 1.79. The van der Waals surface area contributed by atoms with Gasteiger partial charge in [-0.2, -0.15) is 5.10 Å². The first-order chi connectivity index (χ1) is 13.7. The molecule has 5 heteroatoms. The van der Waals surface area contributed by atoms with Crippen molar-refractivity contribution in [1.82, 2.24) is 5.43 Å². The Labute approximate surface area is 174 Å². The Morgan fingerprint density at radius 3 is 2.59 bits per heavy atom. The zero-order valence-electron chi connectivity index (χ0n) is 18.3. The number of hydrazone groups is 1. The molecule has 2 aromatic rings. The SMILES string of the molecule is Cc1cc2c(cc1/C=N/NC(=O)Nc1ccccc1)[C@@H](C)CC(C)(C)N2C(C)C. The Morgan fingerprint density at radius 1 is 1.24 bits per heavy atom. The van der Waals surface area contributed by atoms with E-state index in [-0.39, 0.29) is 11.6 Å². The van der Waals surface area contributed by atoms with Crippen molar-refractivity contribution in [3.05, 3.63) is 59.2 Å². The van der Waals surface area contributed by atoms with Crippen LogP contribution in [0.2, 0.25) is 0 Å². The van der Waals surface area contributed by atoms with Crippen LogP contribution < -0.4 is 15.6 Å². The minimum atomic E-state index is -0.357. The summed E-state index contributed by atoms with van der Waals surface area (Å²) in [5, 5.41) is 6.91. The first-order valence-electron chi connectivity index (χ1n) is 10.3. The zero-order valence-corrected chi connectivity index (χ0v) is 18.3. The van der Waals surface area contributed by atoms with Crippen LogP contribution in [0.5, 0.6) is 0 Å². The number of anilines is 2. The molecule has 0 bridgehead atoms. The molecule has 154 valence electrons. The monoisotopic (exact) mass is 392 g/mol. The predicted octanol–water partition coefficient (Wildman–Crippen LogP) is 5.65. The Kier molecular flexibility index (Phi) is 5.96. The zero-order chi connectivity index (χ0) is 21.2. The minimum Gasteiger partial charge on any atom is -0.364 e. The van der Waals surface area contributed by atoms with Gasteiger partial charge in [0.1, 0.15) is 0 Å². The molecule has 0 aromatic heterocycles. The van der Waals surface area contributed by atoms with E-state index >= 15 is 0 Å². The maximum atomic E-state index is 12.0. The highest BCUT2D eigenvalue weighted by Gasteiger charge is 2.37. The molecule has 2 aromatic carbocycles. The highest BCUT2D eigenvalue weighted by Crippen LogP contribution is 2.45. The summed E-state index contributed by atoms with van der Waals surface area (Å²) < 4.78 is 0. The molecule has 1 atom stereocenters. The number of rotatable bonds is 4. The second kappa shape index (κ2) is 8.27. The number of hydrogen-bond acceptors (Lipinski definition) is 3. The summed E-state index contributed by atoms with van der Waals surface area (Å²) in [6.07, 6.45) is 2.84. The van der Waals surface area contributed by atoms with Gasteiger partial charge in [-0.05, 0) is 87.9 Å². The van der Waals surface area contributed by atoms with Gasteiger partial charge in [-0.1, -0.05) is 25.1 Å². The summed E-state index contributed by atoms with van der Waals surface area (Å²) in [6.45, 7) is 13.5. The largest absolute Gasteiger partial charge is 0.364 e. The van der Waals surface area contributed by atoms with Crippen molar-refractivity contribution in [2.75, 3.05) is 10.2 Å². The van der Waals surface area contributed by atoms with Gasteiger partial charge in [0.25, 0.3) is 0 Å². The van der Waals surface area contributed by atoms with Crippen LogP contribution >= 0.6 is 0 Å². The fourth-order valence-electron chi connectivity index (χ4n) is 4.57.